The predicted octanol–water partition coefficient (Wildman–Crippen LogP) is 3.16. The fourth-order valence-electron chi connectivity index (χ4n) is 2.64. The molecule has 1 saturated heterocycles. The van der Waals surface area contributed by atoms with Gasteiger partial charge in [0, 0.05) is 25.3 Å². The first-order chi connectivity index (χ1) is 8.40. The molecule has 1 heterocycles. The molecule has 0 aromatic heterocycles. The Labute approximate surface area is 109 Å². The highest BCUT2D eigenvalue weighted by molar-refractivity contribution is 5.50. The maximum Gasteiger partial charge on any atom is 0.125 e. The van der Waals surface area contributed by atoms with Crippen LogP contribution >= 0.6 is 0 Å². The fourth-order valence-corrected chi connectivity index (χ4v) is 2.64. The van der Waals surface area contributed by atoms with Crippen LogP contribution in [0.4, 0.5) is 10.1 Å². The molecule has 0 aliphatic carbocycles. The van der Waals surface area contributed by atoms with E-state index in [1.165, 1.54) is 12.5 Å². The van der Waals surface area contributed by atoms with Crippen LogP contribution in [0.2, 0.25) is 0 Å². The molecule has 1 aliphatic rings. The van der Waals surface area contributed by atoms with Gasteiger partial charge in [-0.25, -0.2) is 4.39 Å². The number of hydrogen-bond donors (Lipinski definition) is 1. The van der Waals surface area contributed by atoms with Crippen LogP contribution in [0.3, 0.4) is 0 Å². The van der Waals surface area contributed by atoms with Crippen LogP contribution in [0.25, 0.3) is 0 Å². The first kappa shape index (κ1) is 13.3. The summed E-state index contributed by atoms with van der Waals surface area (Å²) >= 11 is 0. The molecule has 0 radical (unpaired) electrons. The van der Waals surface area contributed by atoms with Crippen molar-refractivity contribution in [2.75, 3.05) is 18.0 Å². The van der Waals surface area contributed by atoms with E-state index in [0.717, 1.165) is 24.3 Å². The van der Waals surface area contributed by atoms with Gasteiger partial charge in [-0.15, -0.1) is 0 Å². The molecule has 2 nitrogen and oxygen atoms in total. The zero-order valence-electron chi connectivity index (χ0n) is 11.5. The summed E-state index contributed by atoms with van der Waals surface area (Å²) in [5.74, 6) is 0.481. The normalized spacial score (nSPS) is 20.5. The highest BCUT2D eigenvalue weighted by Gasteiger charge is 2.31. The first-order valence-electron chi connectivity index (χ1n) is 6.64. The molecular weight excluding hydrogens is 227 g/mol. The van der Waals surface area contributed by atoms with Gasteiger partial charge in [0.15, 0.2) is 0 Å². The molecule has 1 unspecified atom stereocenters. The molecule has 0 spiro atoms. The number of rotatable bonds is 2. The topological polar surface area (TPSA) is 29.3 Å². The van der Waals surface area contributed by atoms with Crippen molar-refractivity contribution in [3.05, 3.63) is 29.6 Å². The van der Waals surface area contributed by atoms with E-state index in [9.17, 15) is 4.39 Å². The molecule has 1 aromatic rings. The minimum atomic E-state index is -0.188. The summed E-state index contributed by atoms with van der Waals surface area (Å²) in [4.78, 5) is 2.28. The quantitative estimate of drug-likeness (QED) is 0.873. The summed E-state index contributed by atoms with van der Waals surface area (Å²) in [6.45, 7) is 9.24. The predicted molar refractivity (Wildman–Crippen MR) is 74.1 cm³/mol. The fraction of sp³-hybridized carbons (Fsp3) is 0.600. The van der Waals surface area contributed by atoms with Gasteiger partial charge in [0.1, 0.15) is 5.82 Å². The van der Waals surface area contributed by atoms with Crippen molar-refractivity contribution in [3.63, 3.8) is 0 Å². The number of anilines is 1. The van der Waals surface area contributed by atoms with Gasteiger partial charge < -0.3 is 10.6 Å². The summed E-state index contributed by atoms with van der Waals surface area (Å²) in [5, 5.41) is 0. The minimum absolute atomic E-state index is 0.188. The Hall–Kier alpha value is -1.09. The van der Waals surface area contributed by atoms with Crippen molar-refractivity contribution < 1.29 is 4.39 Å². The van der Waals surface area contributed by atoms with E-state index in [0.29, 0.717) is 17.9 Å². The maximum absolute atomic E-state index is 13.5. The molecule has 3 heteroatoms. The highest BCUT2D eigenvalue weighted by Crippen LogP contribution is 2.35. The molecule has 1 atom stereocenters. The van der Waals surface area contributed by atoms with E-state index in [-0.39, 0.29) is 5.82 Å². The van der Waals surface area contributed by atoms with Gasteiger partial charge in [0.25, 0.3) is 0 Å². The van der Waals surface area contributed by atoms with Crippen LogP contribution in [0.1, 0.15) is 32.8 Å². The molecule has 1 aromatic carbocycles. The maximum atomic E-state index is 13.5. The Morgan fingerprint density at radius 1 is 1.33 bits per heavy atom. The van der Waals surface area contributed by atoms with Gasteiger partial charge in [0.2, 0.25) is 0 Å². The number of nitrogens with two attached hydrogens (primary N) is 1. The molecule has 2 rings (SSSR count). The Balaban J connectivity index is 2.16. The van der Waals surface area contributed by atoms with Gasteiger partial charge in [-0.1, -0.05) is 20.8 Å². The van der Waals surface area contributed by atoms with Crippen LogP contribution in [0, 0.1) is 17.2 Å². The third-order valence-electron chi connectivity index (χ3n) is 3.96. The summed E-state index contributed by atoms with van der Waals surface area (Å²) in [6, 6.07) is 5.14. The summed E-state index contributed by atoms with van der Waals surface area (Å²) in [7, 11) is 0. The summed E-state index contributed by atoms with van der Waals surface area (Å²) in [5.41, 5.74) is 7.76. The lowest BCUT2D eigenvalue weighted by Crippen LogP contribution is -2.26. The van der Waals surface area contributed by atoms with Crippen molar-refractivity contribution in [1.82, 2.24) is 0 Å². The van der Waals surface area contributed by atoms with Crippen molar-refractivity contribution in [2.45, 2.75) is 33.7 Å². The largest absolute Gasteiger partial charge is 0.371 e. The summed E-state index contributed by atoms with van der Waals surface area (Å²) in [6.07, 6.45) is 1.18. The van der Waals surface area contributed by atoms with Gasteiger partial charge in [-0.3, -0.25) is 0 Å². The van der Waals surface area contributed by atoms with Crippen LogP contribution in [0.5, 0.6) is 0 Å². The van der Waals surface area contributed by atoms with Crippen molar-refractivity contribution >= 4 is 5.69 Å². The molecule has 0 amide bonds. The lowest BCUT2D eigenvalue weighted by molar-refractivity contribution is 0.263. The lowest BCUT2D eigenvalue weighted by Gasteiger charge is -2.27. The average molecular weight is 250 g/mol. The minimum Gasteiger partial charge on any atom is -0.371 e. The molecule has 0 saturated carbocycles. The Bertz CT molecular complexity index is 423. The van der Waals surface area contributed by atoms with Gasteiger partial charge in [0.05, 0.1) is 0 Å². The van der Waals surface area contributed by atoms with E-state index in [2.05, 4.69) is 25.7 Å². The smallest absolute Gasteiger partial charge is 0.125 e. The van der Waals surface area contributed by atoms with Crippen LogP contribution < -0.4 is 10.6 Å². The molecule has 1 fully saturated rings. The Morgan fingerprint density at radius 3 is 2.61 bits per heavy atom. The standard InChI is InChI=1S/C15H23FN2/c1-15(2,3)12-4-5-18(10-12)14-7-11(9-17)6-13(16)8-14/h6-8,12H,4-5,9-10,17H2,1-3H3. The zero-order valence-corrected chi connectivity index (χ0v) is 11.5. The van der Waals surface area contributed by atoms with E-state index in [1.807, 2.05) is 6.07 Å². The van der Waals surface area contributed by atoms with Crippen LogP contribution in [-0.2, 0) is 6.54 Å². The highest BCUT2D eigenvalue weighted by atomic mass is 19.1. The zero-order chi connectivity index (χ0) is 13.3. The second kappa shape index (κ2) is 4.88. The second-order valence-electron chi connectivity index (χ2n) is 6.32. The molecule has 100 valence electrons. The van der Waals surface area contributed by atoms with Gasteiger partial charge in [-0.2, -0.15) is 0 Å². The van der Waals surface area contributed by atoms with E-state index >= 15 is 0 Å². The second-order valence-corrected chi connectivity index (χ2v) is 6.32. The van der Waals surface area contributed by atoms with Crippen LogP contribution in [0.15, 0.2) is 18.2 Å². The third-order valence-corrected chi connectivity index (χ3v) is 3.96. The molecule has 1 aliphatic heterocycles. The van der Waals surface area contributed by atoms with Crippen molar-refractivity contribution in [2.24, 2.45) is 17.1 Å². The molecular formula is C15H23FN2. The van der Waals surface area contributed by atoms with E-state index in [1.54, 1.807) is 6.07 Å². The third kappa shape index (κ3) is 2.83. The number of nitrogens with zero attached hydrogens (tertiary/aromatic N) is 1. The Morgan fingerprint density at radius 2 is 2.06 bits per heavy atom. The van der Waals surface area contributed by atoms with E-state index < -0.39 is 0 Å². The Kier molecular flexibility index (Phi) is 3.62. The SMILES string of the molecule is CC(C)(C)C1CCN(c2cc(F)cc(CN)c2)C1. The lowest BCUT2D eigenvalue weighted by atomic mass is 9.80. The van der Waals surface area contributed by atoms with Gasteiger partial charge in [-0.05, 0) is 41.5 Å². The first-order valence-corrected chi connectivity index (χ1v) is 6.64. The van der Waals surface area contributed by atoms with Crippen molar-refractivity contribution in [3.8, 4) is 0 Å². The molecule has 18 heavy (non-hydrogen) atoms. The number of halogens is 1. The van der Waals surface area contributed by atoms with Gasteiger partial charge >= 0.3 is 0 Å². The number of benzene rings is 1. The summed E-state index contributed by atoms with van der Waals surface area (Å²) < 4.78 is 13.5. The van der Waals surface area contributed by atoms with Crippen molar-refractivity contribution in [1.29, 1.82) is 0 Å². The van der Waals surface area contributed by atoms with Crippen LogP contribution in [-0.4, -0.2) is 13.1 Å². The monoisotopic (exact) mass is 250 g/mol. The molecule has 2 N–H and O–H groups in total. The van der Waals surface area contributed by atoms with E-state index in [4.69, 9.17) is 5.73 Å². The molecule has 0 bridgehead atoms. The average Bonchev–Trinajstić information content (AvgIpc) is 2.77. The number of hydrogen-bond acceptors (Lipinski definition) is 2.